The topological polar surface area (TPSA) is 70.2 Å². The molecule has 136 valence electrons. The number of piperidine rings is 1. The number of hydrogen-bond acceptors (Lipinski definition) is 3. The molecule has 1 aromatic rings. The van der Waals surface area contributed by atoms with Crippen molar-refractivity contribution in [2.75, 3.05) is 10.6 Å². The van der Waals surface area contributed by atoms with Gasteiger partial charge in [0.05, 0.1) is 5.69 Å². The van der Waals surface area contributed by atoms with Crippen LogP contribution in [0.4, 0.5) is 15.8 Å². The summed E-state index contributed by atoms with van der Waals surface area (Å²) in [5, 5.41) is 8.98. The van der Waals surface area contributed by atoms with Crippen molar-refractivity contribution in [2.24, 2.45) is 5.92 Å². The van der Waals surface area contributed by atoms with E-state index in [1.165, 1.54) is 25.0 Å². The van der Waals surface area contributed by atoms with Gasteiger partial charge in [-0.3, -0.25) is 9.59 Å². The zero-order valence-electron chi connectivity index (χ0n) is 13.9. The van der Waals surface area contributed by atoms with Crippen LogP contribution in [0.15, 0.2) is 12.1 Å². The lowest BCUT2D eigenvalue weighted by molar-refractivity contribution is -0.117. The van der Waals surface area contributed by atoms with Gasteiger partial charge in [-0.25, -0.2) is 4.39 Å². The number of anilines is 2. The highest BCUT2D eigenvalue weighted by atomic mass is 35.5. The van der Waals surface area contributed by atoms with Crippen molar-refractivity contribution in [3.63, 3.8) is 0 Å². The maximum Gasteiger partial charge on any atom is 0.224 e. The fourth-order valence-corrected chi connectivity index (χ4v) is 4.30. The second-order valence-corrected chi connectivity index (χ2v) is 7.26. The lowest BCUT2D eigenvalue weighted by Crippen LogP contribution is -2.39. The van der Waals surface area contributed by atoms with Crippen LogP contribution in [0.5, 0.6) is 0 Å². The molecule has 2 fully saturated rings. The Morgan fingerprint density at radius 2 is 1.92 bits per heavy atom. The largest absolute Gasteiger partial charge is 0.326 e. The number of amides is 2. The maximum atomic E-state index is 14.2. The summed E-state index contributed by atoms with van der Waals surface area (Å²) in [5.74, 6) is -0.299. The zero-order valence-corrected chi connectivity index (χ0v) is 14.8. The van der Waals surface area contributed by atoms with Gasteiger partial charge in [0.2, 0.25) is 11.8 Å². The Bertz CT molecular complexity index is 685. The van der Waals surface area contributed by atoms with Crippen LogP contribution in [0.3, 0.4) is 0 Å². The van der Waals surface area contributed by atoms with Gasteiger partial charge in [0.1, 0.15) is 5.82 Å². The third-order valence-corrected chi connectivity index (χ3v) is 5.41. The van der Waals surface area contributed by atoms with Crippen LogP contribution in [0.1, 0.15) is 44.1 Å². The van der Waals surface area contributed by atoms with E-state index >= 15 is 0 Å². The molecule has 1 aromatic carbocycles. The molecule has 0 aromatic heterocycles. The van der Waals surface area contributed by atoms with E-state index in [-0.39, 0.29) is 29.9 Å². The van der Waals surface area contributed by atoms with E-state index in [0.29, 0.717) is 43.0 Å². The number of hydrogen-bond donors (Lipinski definition) is 3. The van der Waals surface area contributed by atoms with Gasteiger partial charge in [0, 0.05) is 30.6 Å². The molecule has 0 aliphatic carbocycles. The number of benzene rings is 1. The maximum absolute atomic E-state index is 14.2. The second kappa shape index (κ2) is 7.30. The highest BCUT2D eigenvalue weighted by molar-refractivity contribution is 5.96. The molecule has 2 bridgehead atoms. The van der Waals surface area contributed by atoms with E-state index in [1.807, 2.05) is 0 Å². The molecule has 7 heteroatoms. The third kappa shape index (κ3) is 3.96. The molecule has 2 amide bonds. The average Bonchev–Trinajstić information content (AvgIpc) is 2.87. The molecule has 0 spiro atoms. The Morgan fingerprint density at radius 1 is 1.20 bits per heavy atom. The predicted octanol–water partition coefficient (Wildman–Crippen LogP) is 2.99. The number of nitrogens with one attached hydrogen (secondary N) is 3. The Balaban J connectivity index is 0.00000182. The lowest BCUT2D eigenvalue weighted by atomic mass is 9.89. The monoisotopic (exact) mass is 367 g/mol. The average molecular weight is 368 g/mol. The molecular formula is C18H23ClFN3O2. The molecule has 25 heavy (non-hydrogen) atoms. The summed E-state index contributed by atoms with van der Waals surface area (Å²) in [4.78, 5) is 23.8. The minimum absolute atomic E-state index is 0. The molecule has 2 unspecified atom stereocenters. The smallest absolute Gasteiger partial charge is 0.224 e. The molecule has 2 saturated heterocycles. The number of halogens is 2. The van der Waals surface area contributed by atoms with E-state index in [4.69, 9.17) is 0 Å². The van der Waals surface area contributed by atoms with Crippen LogP contribution in [-0.4, -0.2) is 23.9 Å². The molecule has 0 radical (unpaired) electrons. The van der Waals surface area contributed by atoms with E-state index in [9.17, 15) is 14.0 Å². The highest BCUT2D eigenvalue weighted by Crippen LogP contribution is 2.33. The zero-order chi connectivity index (χ0) is 16.7. The van der Waals surface area contributed by atoms with Crippen molar-refractivity contribution in [3.8, 4) is 0 Å². The number of carbonyl (C=O) groups is 2. The summed E-state index contributed by atoms with van der Waals surface area (Å²) in [6.07, 6.45) is 5.76. The van der Waals surface area contributed by atoms with Crippen molar-refractivity contribution in [1.29, 1.82) is 0 Å². The molecule has 3 aliphatic rings. The van der Waals surface area contributed by atoms with Crippen LogP contribution in [-0.2, 0) is 16.0 Å². The third-order valence-electron chi connectivity index (χ3n) is 5.41. The van der Waals surface area contributed by atoms with Crippen LogP contribution in [0.25, 0.3) is 0 Å². The van der Waals surface area contributed by atoms with Gasteiger partial charge in [-0.05, 0) is 55.7 Å². The lowest BCUT2D eigenvalue weighted by Gasteiger charge is -2.28. The van der Waals surface area contributed by atoms with Crippen molar-refractivity contribution < 1.29 is 14.0 Å². The summed E-state index contributed by atoms with van der Waals surface area (Å²) >= 11 is 0. The summed E-state index contributed by atoms with van der Waals surface area (Å²) in [6.45, 7) is 0. The fourth-order valence-electron chi connectivity index (χ4n) is 4.30. The molecule has 3 aliphatic heterocycles. The summed E-state index contributed by atoms with van der Waals surface area (Å²) in [5.41, 5.74) is 1.53. The van der Waals surface area contributed by atoms with E-state index in [1.54, 1.807) is 0 Å². The molecule has 4 rings (SSSR count). The normalized spacial score (nSPS) is 27.1. The van der Waals surface area contributed by atoms with E-state index < -0.39 is 5.82 Å². The SMILES string of the molecule is Cl.O=C(CC1CC2CCC(C1)N2)Nc1cc2c(cc1F)CCC(=O)N2. The molecule has 2 atom stereocenters. The standard InChI is InChI=1S/C18H22FN3O2.ClH/c19-14-8-11-1-4-17(23)21-15(11)9-16(14)22-18(24)7-10-5-12-2-3-13(6-10)20-12;/h8-10,12-13,20H,1-7H2,(H,21,23)(H,22,24);1H. The number of fused-ring (bicyclic) bond motifs is 3. The van der Waals surface area contributed by atoms with Crippen molar-refractivity contribution >= 4 is 35.6 Å². The molecule has 0 saturated carbocycles. The van der Waals surface area contributed by atoms with Gasteiger partial charge in [0.25, 0.3) is 0 Å². The van der Waals surface area contributed by atoms with Crippen LogP contribution in [0.2, 0.25) is 0 Å². The first-order chi connectivity index (χ1) is 11.6. The van der Waals surface area contributed by atoms with Crippen LogP contribution >= 0.6 is 12.4 Å². The van der Waals surface area contributed by atoms with Gasteiger partial charge >= 0.3 is 0 Å². The number of aryl methyl sites for hydroxylation is 1. The predicted molar refractivity (Wildman–Crippen MR) is 96.5 cm³/mol. The summed E-state index contributed by atoms with van der Waals surface area (Å²) < 4.78 is 14.2. The second-order valence-electron chi connectivity index (χ2n) is 7.26. The van der Waals surface area contributed by atoms with Gasteiger partial charge < -0.3 is 16.0 Å². The highest BCUT2D eigenvalue weighted by Gasteiger charge is 2.34. The van der Waals surface area contributed by atoms with Crippen LogP contribution < -0.4 is 16.0 Å². The van der Waals surface area contributed by atoms with Crippen molar-refractivity contribution in [1.82, 2.24) is 5.32 Å². The first-order valence-electron chi connectivity index (χ1n) is 8.75. The van der Waals surface area contributed by atoms with Crippen LogP contribution in [0, 0.1) is 11.7 Å². The minimum Gasteiger partial charge on any atom is -0.326 e. The summed E-state index contributed by atoms with van der Waals surface area (Å²) in [6, 6.07) is 4.02. The van der Waals surface area contributed by atoms with Crippen molar-refractivity contribution in [3.05, 3.63) is 23.5 Å². The Kier molecular flexibility index (Phi) is 5.29. The Labute approximate surface area is 152 Å². The van der Waals surface area contributed by atoms with Crippen molar-refractivity contribution in [2.45, 2.75) is 57.0 Å². The van der Waals surface area contributed by atoms with Gasteiger partial charge in [-0.1, -0.05) is 0 Å². The molecular weight excluding hydrogens is 345 g/mol. The van der Waals surface area contributed by atoms with E-state index in [0.717, 1.165) is 18.4 Å². The van der Waals surface area contributed by atoms with E-state index in [2.05, 4.69) is 16.0 Å². The molecule has 3 N–H and O–H groups in total. The first-order valence-corrected chi connectivity index (χ1v) is 8.75. The quantitative estimate of drug-likeness (QED) is 0.769. The van der Waals surface area contributed by atoms with Gasteiger partial charge in [-0.2, -0.15) is 0 Å². The molecule has 3 heterocycles. The van der Waals surface area contributed by atoms with Gasteiger partial charge in [0.15, 0.2) is 0 Å². The minimum atomic E-state index is -0.441. The fraction of sp³-hybridized carbons (Fsp3) is 0.556. The van der Waals surface area contributed by atoms with Gasteiger partial charge in [-0.15, -0.1) is 12.4 Å². The Morgan fingerprint density at radius 3 is 2.64 bits per heavy atom. The number of carbonyl (C=O) groups excluding carboxylic acids is 2. The number of rotatable bonds is 3. The Hall–Kier alpha value is -1.66. The first kappa shape index (κ1) is 18.1. The summed E-state index contributed by atoms with van der Waals surface area (Å²) in [7, 11) is 0. The molecule has 5 nitrogen and oxygen atoms in total.